The van der Waals surface area contributed by atoms with Crippen molar-refractivity contribution in [2.45, 2.75) is 19.4 Å². The number of aromatic nitrogens is 2. The Morgan fingerprint density at radius 1 is 1.15 bits per heavy atom. The number of hydrogen-bond donors (Lipinski definition) is 1. The maximum absolute atomic E-state index is 12.4. The largest absolute Gasteiger partial charge is 0.467 e. The number of nitrogens with one attached hydrogen (secondary N) is 1. The lowest BCUT2D eigenvalue weighted by Gasteiger charge is -2.33. The molecule has 0 atom stereocenters. The highest BCUT2D eigenvalue weighted by atomic mass is 32.2. The Bertz CT molecular complexity index is 740. The van der Waals surface area contributed by atoms with E-state index in [0.717, 1.165) is 67.9 Å². The Kier molecular flexibility index (Phi) is 5.81. The number of rotatable bonds is 5. The van der Waals surface area contributed by atoms with Crippen molar-refractivity contribution in [3.63, 3.8) is 0 Å². The molecule has 4 heterocycles. The zero-order chi connectivity index (χ0) is 18.5. The molecule has 1 amide bonds. The molecule has 0 saturated carbocycles. The van der Waals surface area contributed by atoms with Crippen molar-refractivity contribution in [2.75, 3.05) is 47.5 Å². The molecule has 2 saturated heterocycles. The van der Waals surface area contributed by atoms with Gasteiger partial charge in [-0.05, 0) is 25.0 Å². The van der Waals surface area contributed by atoms with Gasteiger partial charge in [0.05, 0.1) is 12.8 Å². The fraction of sp³-hybridized carbons (Fsp3) is 0.526. The molecule has 144 valence electrons. The standard InChI is InChI=1S/C19H25N5O2S/c25-19(20-13-16-2-1-9-26-16)15-3-5-23(6-4-15)17-12-18(22-14-21-17)24-7-10-27-11-8-24/h1-2,9,12,14-15H,3-8,10-11,13H2,(H,20,25). The molecule has 27 heavy (non-hydrogen) atoms. The summed E-state index contributed by atoms with van der Waals surface area (Å²) in [6, 6.07) is 5.79. The second-order valence-electron chi connectivity index (χ2n) is 6.89. The maximum Gasteiger partial charge on any atom is 0.223 e. The number of hydrogen-bond acceptors (Lipinski definition) is 7. The van der Waals surface area contributed by atoms with Crippen LogP contribution in [0.5, 0.6) is 0 Å². The minimum absolute atomic E-state index is 0.0524. The van der Waals surface area contributed by atoms with E-state index >= 15 is 0 Å². The second-order valence-corrected chi connectivity index (χ2v) is 8.12. The van der Waals surface area contributed by atoms with Crippen LogP contribution in [0.1, 0.15) is 18.6 Å². The first kappa shape index (κ1) is 18.2. The van der Waals surface area contributed by atoms with E-state index in [2.05, 4.69) is 31.2 Å². The third-order valence-electron chi connectivity index (χ3n) is 5.18. The van der Waals surface area contributed by atoms with Crippen molar-refractivity contribution in [1.82, 2.24) is 15.3 Å². The SMILES string of the molecule is O=C(NCc1ccco1)C1CCN(c2cc(N3CCSCC3)ncn2)CC1. The van der Waals surface area contributed by atoms with E-state index in [1.807, 2.05) is 23.9 Å². The van der Waals surface area contributed by atoms with Gasteiger partial charge in [0.1, 0.15) is 23.7 Å². The summed E-state index contributed by atoms with van der Waals surface area (Å²) in [6.07, 6.45) is 4.96. The molecule has 0 spiro atoms. The van der Waals surface area contributed by atoms with Gasteiger partial charge in [0.25, 0.3) is 0 Å². The normalized spacial score (nSPS) is 18.5. The molecule has 2 fully saturated rings. The van der Waals surface area contributed by atoms with Gasteiger partial charge >= 0.3 is 0 Å². The molecular formula is C19H25N5O2S. The van der Waals surface area contributed by atoms with Crippen molar-refractivity contribution in [1.29, 1.82) is 0 Å². The zero-order valence-electron chi connectivity index (χ0n) is 15.3. The molecule has 0 aromatic carbocycles. The van der Waals surface area contributed by atoms with E-state index in [9.17, 15) is 4.79 Å². The van der Waals surface area contributed by atoms with Crippen LogP contribution in [0, 0.1) is 5.92 Å². The molecule has 7 nitrogen and oxygen atoms in total. The minimum Gasteiger partial charge on any atom is -0.467 e. The number of amides is 1. The van der Waals surface area contributed by atoms with Crippen molar-refractivity contribution in [3.8, 4) is 0 Å². The van der Waals surface area contributed by atoms with Crippen LogP contribution in [0.25, 0.3) is 0 Å². The highest BCUT2D eigenvalue weighted by Crippen LogP contribution is 2.25. The molecule has 8 heteroatoms. The van der Waals surface area contributed by atoms with Crippen LogP contribution in [0.4, 0.5) is 11.6 Å². The molecule has 2 aliphatic heterocycles. The number of nitrogens with zero attached hydrogens (tertiary/aromatic N) is 4. The van der Waals surface area contributed by atoms with E-state index in [4.69, 9.17) is 4.42 Å². The minimum atomic E-state index is 0.0524. The van der Waals surface area contributed by atoms with E-state index in [0.29, 0.717) is 6.54 Å². The summed E-state index contributed by atoms with van der Waals surface area (Å²) in [5.74, 6) is 5.23. The fourth-order valence-electron chi connectivity index (χ4n) is 3.58. The topological polar surface area (TPSA) is 74.5 Å². The van der Waals surface area contributed by atoms with Crippen molar-refractivity contribution < 1.29 is 9.21 Å². The highest BCUT2D eigenvalue weighted by molar-refractivity contribution is 7.99. The molecule has 2 aliphatic rings. The number of piperidine rings is 1. The number of carbonyl (C=O) groups is 1. The summed E-state index contributed by atoms with van der Waals surface area (Å²) in [7, 11) is 0. The first-order valence-electron chi connectivity index (χ1n) is 9.49. The van der Waals surface area contributed by atoms with Gasteiger partial charge in [-0.1, -0.05) is 0 Å². The summed E-state index contributed by atoms with van der Waals surface area (Å²) in [5.41, 5.74) is 0. The Morgan fingerprint density at radius 3 is 2.52 bits per heavy atom. The monoisotopic (exact) mass is 387 g/mol. The zero-order valence-corrected chi connectivity index (χ0v) is 16.2. The second kappa shape index (κ2) is 8.65. The smallest absolute Gasteiger partial charge is 0.223 e. The van der Waals surface area contributed by atoms with Crippen molar-refractivity contribution >= 4 is 29.3 Å². The molecule has 2 aromatic rings. The van der Waals surface area contributed by atoms with E-state index < -0.39 is 0 Å². The van der Waals surface area contributed by atoms with E-state index in [-0.39, 0.29) is 11.8 Å². The third kappa shape index (κ3) is 4.55. The maximum atomic E-state index is 12.4. The van der Waals surface area contributed by atoms with Gasteiger partial charge in [-0.3, -0.25) is 4.79 Å². The Balaban J connectivity index is 1.30. The van der Waals surface area contributed by atoms with E-state index in [1.165, 1.54) is 0 Å². The lowest BCUT2D eigenvalue weighted by molar-refractivity contribution is -0.125. The first-order chi connectivity index (χ1) is 13.3. The van der Waals surface area contributed by atoms with Gasteiger partial charge in [0.2, 0.25) is 5.91 Å². The summed E-state index contributed by atoms with van der Waals surface area (Å²) in [5, 5.41) is 2.98. The summed E-state index contributed by atoms with van der Waals surface area (Å²) < 4.78 is 5.26. The number of thioether (sulfide) groups is 1. The lowest BCUT2D eigenvalue weighted by atomic mass is 9.96. The summed E-state index contributed by atoms with van der Waals surface area (Å²) in [4.78, 5) is 25.9. The third-order valence-corrected chi connectivity index (χ3v) is 6.12. The number of carbonyl (C=O) groups excluding carboxylic acids is 1. The quantitative estimate of drug-likeness (QED) is 0.843. The number of furan rings is 1. The molecule has 0 aliphatic carbocycles. The van der Waals surface area contributed by atoms with Gasteiger partial charge in [0, 0.05) is 49.7 Å². The molecular weight excluding hydrogens is 362 g/mol. The predicted molar refractivity (Wildman–Crippen MR) is 107 cm³/mol. The van der Waals surface area contributed by atoms with Crippen LogP contribution in [-0.4, -0.2) is 53.6 Å². The Labute approximate surface area is 163 Å². The van der Waals surface area contributed by atoms with Gasteiger partial charge in [-0.25, -0.2) is 9.97 Å². The molecule has 0 radical (unpaired) electrons. The van der Waals surface area contributed by atoms with Gasteiger partial charge in [-0.2, -0.15) is 11.8 Å². The fourth-order valence-corrected chi connectivity index (χ4v) is 4.48. The summed E-state index contributed by atoms with van der Waals surface area (Å²) in [6.45, 7) is 4.21. The van der Waals surface area contributed by atoms with Crippen LogP contribution in [0.2, 0.25) is 0 Å². The molecule has 0 bridgehead atoms. The van der Waals surface area contributed by atoms with Crippen LogP contribution in [0.3, 0.4) is 0 Å². The van der Waals surface area contributed by atoms with Gasteiger partial charge in [-0.15, -0.1) is 0 Å². The van der Waals surface area contributed by atoms with Gasteiger partial charge < -0.3 is 19.5 Å². The summed E-state index contributed by atoms with van der Waals surface area (Å²) >= 11 is 1.99. The lowest BCUT2D eigenvalue weighted by Crippen LogP contribution is -2.41. The average molecular weight is 388 g/mol. The van der Waals surface area contributed by atoms with Crippen LogP contribution >= 0.6 is 11.8 Å². The van der Waals surface area contributed by atoms with Crippen molar-refractivity contribution in [3.05, 3.63) is 36.5 Å². The number of anilines is 2. The van der Waals surface area contributed by atoms with Crippen LogP contribution in [0.15, 0.2) is 35.2 Å². The molecule has 0 unspecified atom stereocenters. The predicted octanol–water partition coefficient (Wildman–Crippen LogP) is 2.16. The van der Waals surface area contributed by atoms with Crippen LogP contribution in [-0.2, 0) is 11.3 Å². The Hall–Kier alpha value is -2.22. The van der Waals surface area contributed by atoms with Crippen LogP contribution < -0.4 is 15.1 Å². The molecule has 4 rings (SSSR count). The van der Waals surface area contributed by atoms with Gasteiger partial charge in [0.15, 0.2) is 0 Å². The molecule has 1 N–H and O–H groups in total. The first-order valence-corrected chi connectivity index (χ1v) is 10.6. The Morgan fingerprint density at radius 2 is 1.85 bits per heavy atom. The van der Waals surface area contributed by atoms with Crippen molar-refractivity contribution in [2.24, 2.45) is 5.92 Å². The van der Waals surface area contributed by atoms with E-state index in [1.54, 1.807) is 12.6 Å². The highest BCUT2D eigenvalue weighted by Gasteiger charge is 2.26. The molecule has 2 aromatic heterocycles. The average Bonchev–Trinajstić information content (AvgIpc) is 3.27.